The highest BCUT2D eigenvalue weighted by Crippen LogP contribution is 2.42. The van der Waals surface area contributed by atoms with E-state index >= 15 is 0 Å². The molecule has 3 saturated heterocycles. The second-order valence-electron chi connectivity index (χ2n) is 36.5. The van der Waals surface area contributed by atoms with Crippen molar-refractivity contribution in [2.24, 2.45) is 17.8 Å². The predicted molar refractivity (Wildman–Crippen MR) is 458 cm³/mol. The van der Waals surface area contributed by atoms with Crippen LogP contribution in [-0.4, -0.2) is 173 Å². The van der Waals surface area contributed by atoms with Crippen LogP contribution in [0, 0.1) is 29.6 Å². The molecule has 3 aliphatic heterocycles. The van der Waals surface area contributed by atoms with E-state index < -0.39 is 84.9 Å². The first kappa shape index (κ1) is 98.5. The maximum absolute atomic E-state index is 13.2. The van der Waals surface area contributed by atoms with E-state index in [9.17, 15) is 15.0 Å². The summed E-state index contributed by atoms with van der Waals surface area (Å²) in [5.74, 6) is 6.14. The Labute approximate surface area is 684 Å². The summed E-state index contributed by atoms with van der Waals surface area (Å²) in [5, 5.41) is 22.2. The zero-order valence-corrected chi connectivity index (χ0v) is 77.5. The minimum atomic E-state index is -1.95. The lowest BCUT2D eigenvalue weighted by Gasteiger charge is -2.39. The summed E-state index contributed by atoms with van der Waals surface area (Å²) in [4.78, 5) is 13.2. The molecule has 4 aromatic carbocycles. The predicted octanol–water partition coefficient (Wildman–Crippen LogP) is 19.6. The Kier molecular flexibility index (Phi) is 37.9. The third-order valence-corrected chi connectivity index (χ3v) is 36.3. The molecule has 19 nitrogen and oxygen atoms in total. The van der Waals surface area contributed by atoms with Crippen LogP contribution in [-0.2, 0) is 80.5 Å². The van der Waals surface area contributed by atoms with Gasteiger partial charge in [0, 0.05) is 37.9 Å². The number of hydrogen-bond donors (Lipinski definition) is 2. The quantitative estimate of drug-likeness (QED) is 0.0143. The van der Waals surface area contributed by atoms with E-state index in [1.54, 1.807) is 33.5 Å². The molecule has 636 valence electrons. The Hall–Kier alpha value is -5.12. The Morgan fingerprint density at radius 3 is 1.13 bits per heavy atom. The first-order valence-corrected chi connectivity index (χ1v) is 49.4. The van der Waals surface area contributed by atoms with Crippen molar-refractivity contribution >= 4 is 30.9 Å². The summed E-state index contributed by atoms with van der Waals surface area (Å²) in [7, 11) is -0.730. The largest absolute Gasteiger partial charge is 0.497 e. The lowest BCUT2D eigenvalue weighted by molar-refractivity contribution is -0.154. The van der Waals surface area contributed by atoms with Gasteiger partial charge in [0.05, 0.1) is 71.1 Å². The minimum absolute atomic E-state index is 0.00181. The molecular formula is C91H146O19Si3. The molecule has 0 aliphatic carbocycles. The molecule has 3 unspecified atom stereocenters. The number of carbonyl (C=O) groups excluding carboxylic acids is 1. The van der Waals surface area contributed by atoms with Gasteiger partial charge in [0.1, 0.15) is 53.9 Å². The van der Waals surface area contributed by atoms with E-state index in [1.807, 2.05) is 158 Å². The standard InChI is InChI=1S/C35H52O7Si.C28H48O6Si.C28H46O6Si/c1-25(26(2)42-43(9,10)34(3,4)5)16-21-30(39-33(36)28-14-12-11-13-15-28)32-31(40-35(6,7)41-32)22-23-38-24-27-17-19-29(37-8)20-18-27;2*1-20(21(2)34-35(9,10)27(3,4)5)11-16-24(29)26-25(32-28(6,7)33-26)17-18-31-19-22-12-14-23(30-8)15-13-22/h11-21,25-26,30-32H,22-24H2,1-10H3;11-16,20-21,24-26,29H,17-19H2,1-10H3;12-15,20-21,24-26,29H,17-19H2,1-10H3/b21-16-;16-11-;/t25-,26+,30?,31+,32-;20-,21+,24?,25+,26-;20-,21-,24?,25+,26-/m111/s1. The molecule has 15 atom stereocenters. The summed E-state index contributed by atoms with van der Waals surface area (Å²) in [6.45, 7) is 60.5. The Bertz CT molecular complexity index is 3550. The molecule has 3 heterocycles. The number of methoxy groups -OCH3 is 3. The van der Waals surface area contributed by atoms with Crippen LogP contribution in [0.2, 0.25) is 54.4 Å². The topological polar surface area (TPSA) is 205 Å². The third kappa shape index (κ3) is 32.3. The van der Waals surface area contributed by atoms with Gasteiger partial charge in [-0.05, 0) is 226 Å². The highest BCUT2D eigenvalue weighted by Gasteiger charge is 2.49. The van der Waals surface area contributed by atoms with Crippen LogP contribution in [0.4, 0.5) is 0 Å². The molecule has 0 amide bonds. The van der Waals surface area contributed by atoms with Crippen molar-refractivity contribution in [3.05, 3.63) is 150 Å². The molecule has 3 fully saturated rings. The number of ether oxygens (including phenoxy) is 13. The fourth-order valence-electron chi connectivity index (χ4n) is 12.1. The zero-order chi connectivity index (χ0) is 84.7. The molecule has 0 radical (unpaired) electrons. The Balaban J connectivity index is 0.000000305. The van der Waals surface area contributed by atoms with Gasteiger partial charge in [-0.1, -0.05) is 161 Å². The summed E-state index contributed by atoms with van der Waals surface area (Å²) in [5.41, 5.74) is 3.69. The third-order valence-electron chi connectivity index (χ3n) is 22.5. The Morgan fingerprint density at radius 1 is 0.442 bits per heavy atom. The Morgan fingerprint density at radius 2 is 0.770 bits per heavy atom. The maximum atomic E-state index is 13.2. The van der Waals surface area contributed by atoms with Crippen molar-refractivity contribution in [3.8, 4) is 29.1 Å². The van der Waals surface area contributed by atoms with E-state index in [2.05, 4.69) is 154 Å². The van der Waals surface area contributed by atoms with E-state index in [0.29, 0.717) is 64.5 Å². The SMILES string of the molecule is COc1ccc(COCC[C@@H]2OC(C)(C)O[C@@H]2C(/C=C\[C@@H](C)[C@H](C)O[Si](C)(C)C(C)(C)C)OC(=O)c2ccccc2)cc1.COc1ccc(COCC[C@@H]2OC(C)(C)O[C@@H]2C(O)/C=C\[C@@H](C)[C@H](C)O[Si](C)(C)C(C)(C)C)cc1.COc1ccc(COCC[C@@H]2OC(C)(C)O[C@@H]2C(O)C#C[C@@H](C)[C@@H](C)O[Si](C)(C)C(C)(C)C)cc1. The highest BCUT2D eigenvalue weighted by molar-refractivity contribution is 6.75. The maximum Gasteiger partial charge on any atom is 0.338 e. The number of aliphatic hydroxyl groups excluding tert-OH is 2. The fraction of sp³-hybridized carbons (Fsp3) is 0.659. The van der Waals surface area contributed by atoms with Crippen LogP contribution >= 0.6 is 0 Å². The van der Waals surface area contributed by atoms with E-state index in [-0.39, 0.29) is 69.5 Å². The van der Waals surface area contributed by atoms with Crippen LogP contribution in [0.5, 0.6) is 17.2 Å². The van der Waals surface area contributed by atoms with Gasteiger partial charge in [0.2, 0.25) is 0 Å². The number of carbonyl (C=O) groups is 1. The summed E-state index contributed by atoms with van der Waals surface area (Å²) in [6, 6.07) is 32.5. The first-order valence-electron chi connectivity index (χ1n) is 40.6. The number of esters is 1. The number of hydrogen-bond acceptors (Lipinski definition) is 19. The van der Waals surface area contributed by atoms with Gasteiger partial charge in [0.25, 0.3) is 0 Å². The first-order chi connectivity index (χ1) is 52.4. The molecule has 4 aromatic rings. The summed E-state index contributed by atoms with van der Waals surface area (Å²) >= 11 is 0. The molecule has 3 aliphatic rings. The summed E-state index contributed by atoms with van der Waals surface area (Å²) in [6.07, 6.45) is 4.98. The van der Waals surface area contributed by atoms with Crippen LogP contribution < -0.4 is 14.2 Å². The number of rotatable bonds is 36. The van der Waals surface area contributed by atoms with Gasteiger partial charge >= 0.3 is 5.97 Å². The summed E-state index contributed by atoms with van der Waals surface area (Å²) < 4.78 is 96.0. The average Bonchev–Trinajstić information content (AvgIpc) is 1.72. The van der Waals surface area contributed by atoms with E-state index in [0.717, 1.165) is 33.9 Å². The second kappa shape index (κ2) is 43.5. The van der Waals surface area contributed by atoms with Crippen LogP contribution in [0.1, 0.15) is 192 Å². The molecule has 0 aromatic heterocycles. The van der Waals surface area contributed by atoms with Crippen LogP contribution in [0.3, 0.4) is 0 Å². The normalized spacial score (nSPS) is 22.3. The van der Waals surface area contributed by atoms with Crippen molar-refractivity contribution in [1.29, 1.82) is 0 Å². The van der Waals surface area contributed by atoms with Crippen LogP contribution in [0.15, 0.2) is 127 Å². The van der Waals surface area contributed by atoms with Gasteiger partial charge < -0.3 is 85.1 Å². The van der Waals surface area contributed by atoms with Gasteiger partial charge in [-0.15, -0.1) is 0 Å². The average molecular weight is 1630 g/mol. The van der Waals surface area contributed by atoms with E-state index in [1.165, 1.54) is 0 Å². The smallest absolute Gasteiger partial charge is 0.338 e. The zero-order valence-electron chi connectivity index (χ0n) is 74.5. The monoisotopic (exact) mass is 1630 g/mol. The number of aliphatic hydroxyl groups is 2. The minimum Gasteiger partial charge on any atom is -0.497 e. The molecule has 0 spiro atoms. The molecule has 2 N–H and O–H groups in total. The molecular weight excluding hydrogens is 1480 g/mol. The molecule has 0 saturated carbocycles. The lowest BCUT2D eigenvalue weighted by atomic mass is 10.0. The molecule has 0 bridgehead atoms. The van der Waals surface area contributed by atoms with Crippen molar-refractivity contribution < 1.29 is 89.9 Å². The molecule has 22 heteroatoms. The molecule has 7 rings (SSSR count). The lowest BCUT2D eigenvalue weighted by Crippen LogP contribution is -2.44. The van der Waals surface area contributed by atoms with Crippen molar-refractivity contribution in [2.75, 3.05) is 41.2 Å². The van der Waals surface area contributed by atoms with Gasteiger partial charge in [-0.3, -0.25) is 0 Å². The van der Waals surface area contributed by atoms with Crippen molar-refractivity contribution in [2.45, 2.75) is 329 Å². The van der Waals surface area contributed by atoms with E-state index in [4.69, 9.17) is 74.9 Å². The van der Waals surface area contributed by atoms with Gasteiger partial charge in [-0.2, -0.15) is 0 Å². The second-order valence-corrected chi connectivity index (χ2v) is 50.7. The van der Waals surface area contributed by atoms with Crippen molar-refractivity contribution in [3.63, 3.8) is 0 Å². The van der Waals surface area contributed by atoms with Crippen molar-refractivity contribution in [1.82, 2.24) is 0 Å². The van der Waals surface area contributed by atoms with Gasteiger partial charge in [-0.25, -0.2) is 4.79 Å². The van der Waals surface area contributed by atoms with Gasteiger partial charge in [0.15, 0.2) is 42.3 Å². The highest BCUT2D eigenvalue weighted by atomic mass is 28.4. The van der Waals surface area contributed by atoms with Crippen LogP contribution in [0.25, 0.3) is 0 Å². The molecule has 113 heavy (non-hydrogen) atoms. The number of benzene rings is 4. The fourth-order valence-corrected chi connectivity index (χ4v) is 16.5.